The third-order valence-electron chi connectivity index (χ3n) is 3.14. The fourth-order valence-electron chi connectivity index (χ4n) is 2.27. The van der Waals surface area contributed by atoms with Gasteiger partial charge in [0.2, 0.25) is 0 Å². The molecule has 2 fully saturated rings. The van der Waals surface area contributed by atoms with Gasteiger partial charge in [0.25, 0.3) is 5.91 Å². The zero-order valence-corrected chi connectivity index (χ0v) is 9.37. The van der Waals surface area contributed by atoms with E-state index >= 15 is 0 Å². The Morgan fingerprint density at radius 1 is 1.47 bits per heavy atom. The fourth-order valence-corrected chi connectivity index (χ4v) is 2.27. The van der Waals surface area contributed by atoms with Crippen molar-refractivity contribution in [1.82, 2.24) is 10.2 Å². The SMILES string of the molecule is C[C@@H]1CN(C(=O)C2CCCCO2)CCN1. The first-order valence-corrected chi connectivity index (χ1v) is 5.91. The molecular weight excluding hydrogens is 192 g/mol. The Hall–Kier alpha value is -0.610. The minimum atomic E-state index is -0.163. The van der Waals surface area contributed by atoms with E-state index in [-0.39, 0.29) is 12.0 Å². The number of piperazine rings is 1. The van der Waals surface area contributed by atoms with Gasteiger partial charge in [0, 0.05) is 32.3 Å². The molecule has 1 N–H and O–H groups in total. The third kappa shape index (κ3) is 2.69. The molecule has 2 aliphatic rings. The summed E-state index contributed by atoms with van der Waals surface area (Å²) in [5.74, 6) is 0.197. The van der Waals surface area contributed by atoms with Gasteiger partial charge >= 0.3 is 0 Å². The van der Waals surface area contributed by atoms with Gasteiger partial charge in [-0.05, 0) is 26.2 Å². The molecule has 4 heteroatoms. The number of nitrogens with zero attached hydrogens (tertiary/aromatic N) is 1. The van der Waals surface area contributed by atoms with Crippen LogP contribution >= 0.6 is 0 Å². The van der Waals surface area contributed by atoms with E-state index < -0.39 is 0 Å². The van der Waals surface area contributed by atoms with Gasteiger partial charge in [-0.25, -0.2) is 0 Å². The topological polar surface area (TPSA) is 41.6 Å². The minimum absolute atomic E-state index is 0.163. The Morgan fingerprint density at radius 3 is 3.00 bits per heavy atom. The van der Waals surface area contributed by atoms with Crippen molar-refractivity contribution in [3.63, 3.8) is 0 Å². The van der Waals surface area contributed by atoms with Crippen molar-refractivity contribution in [1.29, 1.82) is 0 Å². The zero-order valence-electron chi connectivity index (χ0n) is 9.37. The lowest BCUT2D eigenvalue weighted by atomic mass is 10.1. The monoisotopic (exact) mass is 212 g/mol. The van der Waals surface area contributed by atoms with E-state index in [0.29, 0.717) is 6.04 Å². The summed E-state index contributed by atoms with van der Waals surface area (Å²) in [6, 6.07) is 0.409. The van der Waals surface area contributed by atoms with E-state index in [2.05, 4.69) is 12.2 Å². The summed E-state index contributed by atoms with van der Waals surface area (Å²) in [5.41, 5.74) is 0. The van der Waals surface area contributed by atoms with Crippen LogP contribution in [0.3, 0.4) is 0 Å². The van der Waals surface area contributed by atoms with Crippen LogP contribution in [0.2, 0.25) is 0 Å². The van der Waals surface area contributed by atoms with Crippen molar-refractivity contribution in [2.24, 2.45) is 0 Å². The number of hydrogen-bond acceptors (Lipinski definition) is 3. The molecule has 0 spiro atoms. The van der Waals surface area contributed by atoms with Crippen LogP contribution in [0.4, 0.5) is 0 Å². The number of ether oxygens (including phenoxy) is 1. The van der Waals surface area contributed by atoms with Gasteiger partial charge in [-0.15, -0.1) is 0 Å². The zero-order chi connectivity index (χ0) is 10.7. The summed E-state index contributed by atoms with van der Waals surface area (Å²) in [7, 11) is 0. The Balaban J connectivity index is 1.88. The molecule has 2 heterocycles. The lowest BCUT2D eigenvalue weighted by Crippen LogP contribution is -2.54. The summed E-state index contributed by atoms with van der Waals surface area (Å²) in [6.07, 6.45) is 2.96. The quantitative estimate of drug-likeness (QED) is 0.683. The highest BCUT2D eigenvalue weighted by molar-refractivity contribution is 5.81. The molecule has 0 radical (unpaired) electrons. The van der Waals surface area contributed by atoms with Gasteiger partial charge in [0.05, 0.1) is 0 Å². The van der Waals surface area contributed by atoms with E-state index in [1.54, 1.807) is 0 Å². The van der Waals surface area contributed by atoms with Crippen molar-refractivity contribution in [3.8, 4) is 0 Å². The molecule has 0 aliphatic carbocycles. The summed E-state index contributed by atoms with van der Waals surface area (Å²) in [5, 5.41) is 3.34. The van der Waals surface area contributed by atoms with Crippen LogP contribution in [0.1, 0.15) is 26.2 Å². The first-order chi connectivity index (χ1) is 7.27. The van der Waals surface area contributed by atoms with Crippen LogP contribution in [0, 0.1) is 0 Å². The highest BCUT2D eigenvalue weighted by atomic mass is 16.5. The smallest absolute Gasteiger partial charge is 0.251 e. The second kappa shape index (κ2) is 4.94. The third-order valence-corrected chi connectivity index (χ3v) is 3.14. The van der Waals surface area contributed by atoms with Crippen molar-refractivity contribution in [3.05, 3.63) is 0 Å². The molecule has 0 aromatic rings. The second-order valence-electron chi connectivity index (χ2n) is 4.49. The predicted octanol–water partition coefficient (Wildman–Crippen LogP) is 0.376. The van der Waals surface area contributed by atoms with E-state index in [1.807, 2.05) is 4.90 Å². The van der Waals surface area contributed by atoms with Crippen LogP contribution in [-0.2, 0) is 9.53 Å². The highest BCUT2D eigenvalue weighted by Gasteiger charge is 2.28. The predicted molar refractivity (Wildman–Crippen MR) is 57.6 cm³/mol. The number of amides is 1. The number of carbonyl (C=O) groups excluding carboxylic acids is 1. The average Bonchev–Trinajstić information content (AvgIpc) is 2.29. The molecule has 1 unspecified atom stereocenters. The van der Waals surface area contributed by atoms with Crippen molar-refractivity contribution < 1.29 is 9.53 Å². The molecule has 2 atom stereocenters. The van der Waals surface area contributed by atoms with E-state index in [0.717, 1.165) is 45.5 Å². The number of carbonyl (C=O) groups is 1. The molecule has 0 aromatic heterocycles. The lowest BCUT2D eigenvalue weighted by molar-refractivity contribution is -0.147. The van der Waals surface area contributed by atoms with E-state index in [1.165, 1.54) is 0 Å². The molecule has 86 valence electrons. The van der Waals surface area contributed by atoms with Crippen molar-refractivity contribution >= 4 is 5.91 Å². The molecule has 0 saturated carbocycles. The molecule has 4 nitrogen and oxygen atoms in total. The van der Waals surface area contributed by atoms with Gasteiger partial charge in [-0.2, -0.15) is 0 Å². The molecule has 2 saturated heterocycles. The average molecular weight is 212 g/mol. The Morgan fingerprint density at radius 2 is 2.33 bits per heavy atom. The summed E-state index contributed by atoms with van der Waals surface area (Å²) in [6.45, 7) is 5.40. The molecular formula is C11H20N2O2. The normalized spacial score (nSPS) is 32.7. The van der Waals surface area contributed by atoms with Crippen molar-refractivity contribution in [2.45, 2.75) is 38.3 Å². The van der Waals surface area contributed by atoms with Gasteiger partial charge < -0.3 is 15.0 Å². The van der Waals surface area contributed by atoms with Gasteiger partial charge in [0.15, 0.2) is 0 Å². The first-order valence-electron chi connectivity index (χ1n) is 5.91. The molecule has 2 aliphatic heterocycles. The molecule has 2 rings (SSSR count). The lowest BCUT2D eigenvalue weighted by Gasteiger charge is -2.35. The summed E-state index contributed by atoms with van der Waals surface area (Å²) >= 11 is 0. The van der Waals surface area contributed by atoms with Crippen LogP contribution in [-0.4, -0.2) is 49.2 Å². The van der Waals surface area contributed by atoms with Crippen molar-refractivity contribution in [2.75, 3.05) is 26.2 Å². The maximum atomic E-state index is 12.1. The minimum Gasteiger partial charge on any atom is -0.368 e. The van der Waals surface area contributed by atoms with E-state index in [4.69, 9.17) is 4.74 Å². The maximum Gasteiger partial charge on any atom is 0.251 e. The fraction of sp³-hybridized carbons (Fsp3) is 0.909. The van der Waals surface area contributed by atoms with Gasteiger partial charge in [0.1, 0.15) is 6.10 Å². The van der Waals surface area contributed by atoms with Crippen LogP contribution in [0.5, 0.6) is 0 Å². The Labute approximate surface area is 91.0 Å². The van der Waals surface area contributed by atoms with Crippen LogP contribution in [0.25, 0.3) is 0 Å². The van der Waals surface area contributed by atoms with Crippen LogP contribution in [0.15, 0.2) is 0 Å². The largest absolute Gasteiger partial charge is 0.368 e. The first kappa shape index (κ1) is 10.9. The second-order valence-corrected chi connectivity index (χ2v) is 4.49. The molecule has 0 bridgehead atoms. The van der Waals surface area contributed by atoms with E-state index in [9.17, 15) is 4.79 Å². The molecule has 15 heavy (non-hydrogen) atoms. The molecule has 1 amide bonds. The number of hydrogen-bond donors (Lipinski definition) is 1. The summed E-state index contributed by atoms with van der Waals surface area (Å²) < 4.78 is 5.52. The number of nitrogens with one attached hydrogen (secondary N) is 1. The number of rotatable bonds is 1. The van der Waals surface area contributed by atoms with Crippen LogP contribution < -0.4 is 5.32 Å². The van der Waals surface area contributed by atoms with Gasteiger partial charge in [-0.3, -0.25) is 4.79 Å². The standard InChI is InChI=1S/C11H20N2O2/c1-9-8-13(6-5-12-9)11(14)10-4-2-3-7-15-10/h9-10,12H,2-8H2,1H3/t9-,10?/m1/s1. The maximum absolute atomic E-state index is 12.1. The Bertz CT molecular complexity index is 227. The highest BCUT2D eigenvalue weighted by Crippen LogP contribution is 2.15. The molecule has 0 aromatic carbocycles. The van der Waals surface area contributed by atoms with Gasteiger partial charge in [-0.1, -0.05) is 0 Å². The Kier molecular flexibility index (Phi) is 3.59. The summed E-state index contributed by atoms with van der Waals surface area (Å²) in [4.78, 5) is 14.0.